The summed E-state index contributed by atoms with van der Waals surface area (Å²) in [5, 5.41) is 14.0. The molecule has 0 fully saturated rings. The molecule has 2 heterocycles. The minimum Gasteiger partial charge on any atom is -0.395 e. The Hall–Kier alpha value is -2.77. The third kappa shape index (κ3) is 5.16. The molecule has 4 N–H and O–H groups in total. The van der Waals surface area contributed by atoms with Crippen molar-refractivity contribution in [1.82, 2.24) is 5.32 Å². The van der Waals surface area contributed by atoms with Gasteiger partial charge in [0.1, 0.15) is 4.70 Å². The fraction of sp³-hybridized carbons (Fsp3) is 0.269. The van der Waals surface area contributed by atoms with E-state index in [1.165, 1.54) is 26.4 Å². The Labute approximate surface area is 193 Å². The van der Waals surface area contributed by atoms with Gasteiger partial charge in [-0.05, 0) is 23.8 Å². The quantitative estimate of drug-likeness (QED) is 0.329. The number of aliphatic hydroxyl groups is 1. The predicted molar refractivity (Wildman–Crippen MR) is 136 cm³/mol. The number of aryl methyl sites for hydroxylation is 1. The molecule has 32 heavy (non-hydrogen) atoms. The number of allylic oxidation sites excluding steroid dienone is 4. The molecular formula is C26H31N4OS+. The second-order valence-corrected chi connectivity index (χ2v) is 8.75. The van der Waals surface area contributed by atoms with Gasteiger partial charge in [0.2, 0.25) is 5.52 Å². The van der Waals surface area contributed by atoms with Gasteiger partial charge in [-0.15, -0.1) is 0 Å². The lowest BCUT2D eigenvalue weighted by Crippen LogP contribution is -2.37. The summed E-state index contributed by atoms with van der Waals surface area (Å²) in [6.07, 6.45) is 11.7. The first-order chi connectivity index (χ1) is 15.8. The van der Waals surface area contributed by atoms with E-state index in [2.05, 4.69) is 81.6 Å². The highest BCUT2D eigenvalue weighted by Gasteiger charge is 2.18. The number of hydrogen-bond acceptors (Lipinski definition) is 5. The summed E-state index contributed by atoms with van der Waals surface area (Å²) < 4.78 is 3.71. The van der Waals surface area contributed by atoms with Crippen LogP contribution in [0.25, 0.3) is 21.9 Å². The van der Waals surface area contributed by atoms with Gasteiger partial charge < -0.3 is 21.1 Å². The molecule has 0 aliphatic carbocycles. The molecule has 1 aliphatic rings. The second kappa shape index (κ2) is 11.2. The van der Waals surface area contributed by atoms with Gasteiger partial charge in [0.05, 0.1) is 6.61 Å². The number of hydrogen-bond donors (Lipinski definition) is 3. The van der Waals surface area contributed by atoms with Gasteiger partial charge in [-0.1, -0.05) is 53.8 Å². The van der Waals surface area contributed by atoms with Gasteiger partial charge >= 0.3 is 0 Å². The first-order valence-corrected chi connectivity index (χ1v) is 12.0. The molecule has 0 atom stereocenters. The van der Waals surface area contributed by atoms with Crippen molar-refractivity contribution in [2.45, 2.75) is 13.0 Å². The summed E-state index contributed by atoms with van der Waals surface area (Å²) in [7, 11) is 0. The molecule has 5 nitrogen and oxygen atoms in total. The number of nitrogens with zero attached hydrogens (tertiary/aromatic N) is 2. The normalized spacial score (nSPS) is 14.7. The second-order valence-electron chi connectivity index (χ2n) is 7.68. The monoisotopic (exact) mass is 447 g/mol. The number of anilines is 1. The van der Waals surface area contributed by atoms with E-state index in [0.29, 0.717) is 13.1 Å². The molecule has 0 radical (unpaired) electrons. The fourth-order valence-electron chi connectivity index (χ4n) is 3.99. The van der Waals surface area contributed by atoms with E-state index in [-0.39, 0.29) is 6.61 Å². The smallest absolute Gasteiger partial charge is 0.262 e. The van der Waals surface area contributed by atoms with Crippen LogP contribution in [0, 0.1) is 0 Å². The zero-order chi connectivity index (χ0) is 22.2. The Morgan fingerprint density at radius 3 is 2.81 bits per heavy atom. The van der Waals surface area contributed by atoms with E-state index < -0.39 is 0 Å². The molecule has 0 unspecified atom stereocenters. The van der Waals surface area contributed by atoms with Crippen LogP contribution in [0.5, 0.6) is 0 Å². The highest BCUT2D eigenvalue weighted by molar-refractivity contribution is 7.18. The third-order valence-corrected chi connectivity index (χ3v) is 6.64. The van der Waals surface area contributed by atoms with Crippen LogP contribution in [0.4, 0.5) is 5.69 Å². The van der Waals surface area contributed by atoms with Crippen LogP contribution in [0.1, 0.15) is 17.0 Å². The van der Waals surface area contributed by atoms with Crippen molar-refractivity contribution in [2.75, 3.05) is 37.7 Å². The van der Waals surface area contributed by atoms with Gasteiger partial charge in [-0.3, -0.25) is 0 Å². The van der Waals surface area contributed by atoms with Crippen molar-refractivity contribution in [3.05, 3.63) is 83.5 Å². The molecule has 6 heteroatoms. The van der Waals surface area contributed by atoms with Crippen LogP contribution in [0.15, 0.2) is 73.0 Å². The SMILES string of the molecule is NCCNCCC[n+]1c(/C=C/C=C2\C=CN(CCO)c3ccccc32)sc2ccccc21. The van der Waals surface area contributed by atoms with Crippen molar-refractivity contribution < 1.29 is 9.67 Å². The van der Waals surface area contributed by atoms with E-state index in [9.17, 15) is 5.11 Å². The summed E-state index contributed by atoms with van der Waals surface area (Å²) in [4.78, 5) is 2.09. The molecule has 0 spiro atoms. The average Bonchev–Trinajstić information content (AvgIpc) is 3.18. The maximum Gasteiger partial charge on any atom is 0.262 e. The number of benzene rings is 2. The number of nitrogens with two attached hydrogens (primary N) is 1. The first kappa shape index (κ1) is 22.4. The third-order valence-electron chi connectivity index (χ3n) is 5.51. The maximum absolute atomic E-state index is 9.36. The highest BCUT2D eigenvalue weighted by atomic mass is 32.1. The van der Waals surface area contributed by atoms with Crippen molar-refractivity contribution in [2.24, 2.45) is 5.73 Å². The zero-order valence-electron chi connectivity index (χ0n) is 18.3. The summed E-state index contributed by atoms with van der Waals surface area (Å²) in [6, 6.07) is 16.9. The van der Waals surface area contributed by atoms with Crippen molar-refractivity contribution in [1.29, 1.82) is 0 Å². The minimum atomic E-state index is 0.130. The number of aliphatic hydroxyl groups excluding tert-OH is 1. The number of fused-ring (bicyclic) bond motifs is 2. The van der Waals surface area contributed by atoms with E-state index in [0.717, 1.165) is 31.7 Å². The van der Waals surface area contributed by atoms with E-state index in [1.54, 1.807) is 0 Å². The molecule has 2 aromatic carbocycles. The van der Waals surface area contributed by atoms with Gasteiger partial charge in [0, 0.05) is 62.2 Å². The van der Waals surface area contributed by atoms with Crippen LogP contribution in [-0.4, -0.2) is 37.9 Å². The largest absolute Gasteiger partial charge is 0.395 e. The Kier molecular flexibility index (Phi) is 7.85. The van der Waals surface area contributed by atoms with Crippen LogP contribution >= 0.6 is 11.3 Å². The van der Waals surface area contributed by atoms with E-state index in [1.807, 2.05) is 23.6 Å². The van der Waals surface area contributed by atoms with Crippen LogP contribution in [-0.2, 0) is 6.54 Å². The Morgan fingerprint density at radius 2 is 1.94 bits per heavy atom. The summed E-state index contributed by atoms with van der Waals surface area (Å²) >= 11 is 1.82. The standard InChI is InChI=1S/C26H31N4OS/c27-14-16-28-15-6-17-30-24-10-3-4-11-25(24)32-26(30)12-5-7-21-13-18-29(19-20-31)23-9-2-1-8-22(21)23/h1-5,7-13,18,28,31H,6,14-17,19-20,27H2/q+1. The van der Waals surface area contributed by atoms with Crippen molar-refractivity contribution >= 4 is 38.9 Å². The number of nitrogens with one attached hydrogen (secondary N) is 1. The molecular weight excluding hydrogens is 416 g/mol. The number of thiazole rings is 1. The Balaban J connectivity index is 1.57. The lowest BCUT2D eigenvalue weighted by molar-refractivity contribution is -0.669. The van der Waals surface area contributed by atoms with E-state index >= 15 is 0 Å². The fourth-order valence-corrected chi connectivity index (χ4v) is 5.09. The van der Waals surface area contributed by atoms with Crippen LogP contribution in [0.2, 0.25) is 0 Å². The van der Waals surface area contributed by atoms with Crippen molar-refractivity contribution in [3.8, 4) is 0 Å². The number of rotatable bonds is 10. The molecule has 166 valence electrons. The van der Waals surface area contributed by atoms with Crippen LogP contribution < -0.4 is 20.5 Å². The molecule has 0 saturated carbocycles. The van der Waals surface area contributed by atoms with Crippen molar-refractivity contribution in [3.63, 3.8) is 0 Å². The predicted octanol–water partition coefficient (Wildman–Crippen LogP) is 3.55. The highest BCUT2D eigenvalue weighted by Crippen LogP contribution is 2.32. The topological polar surface area (TPSA) is 65.4 Å². The van der Waals surface area contributed by atoms with Gasteiger partial charge in [-0.25, -0.2) is 0 Å². The minimum absolute atomic E-state index is 0.130. The van der Waals surface area contributed by atoms with E-state index in [4.69, 9.17) is 5.73 Å². The van der Waals surface area contributed by atoms with Gasteiger partial charge in [0.15, 0.2) is 6.54 Å². The number of aromatic nitrogens is 1. The van der Waals surface area contributed by atoms with Gasteiger partial charge in [0.25, 0.3) is 5.01 Å². The molecule has 1 aromatic heterocycles. The maximum atomic E-state index is 9.36. The molecule has 4 rings (SSSR count). The number of para-hydroxylation sites is 2. The van der Waals surface area contributed by atoms with Crippen LogP contribution in [0.3, 0.4) is 0 Å². The lowest BCUT2D eigenvalue weighted by atomic mass is 9.99. The molecule has 0 bridgehead atoms. The summed E-state index contributed by atoms with van der Waals surface area (Å²) in [5.41, 5.74) is 10.3. The van der Waals surface area contributed by atoms with Gasteiger partial charge in [-0.2, -0.15) is 4.57 Å². The molecule has 1 aliphatic heterocycles. The number of β-amino-alcohol motifs (C(OH)–C–C–N with tert-alkyl or cyclic N) is 1. The first-order valence-electron chi connectivity index (χ1n) is 11.2. The summed E-state index contributed by atoms with van der Waals surface area (Å²) in [5.74, 6) is 0. The Bertz CT molecular complexity index is 1130. The molecule has 0 saturated heterocycles. The molecule has 3 aromatic rings. The zero-order valence-corrected chi connectivity index (χ0v) is 19.1. The Morgan fingerprint density at radius 1 is 1.09 bits per heavy atom. The molecule has 0 amide bonds. The summed E-state index contributed by atoms with van der Waals surface area (Å²) in [6.45, 7) is 4.20. The average molecular weight is 448 g/mol. The lowest BCUT2D eigenvalue weighted by Gasteiger charge is -2.26.